The van der Waals surface area contributed by atoms with Crippen LogP contribution in [0.2, 0.25) is 0 Å². The Morgan fingerprint density at radius 3 is 2.50 bits per heavy atom. The summed E-state index contributed by atoms with van der Waals surface area (Å²) >= 11 is 0. The minimum atomic E-state index is -0.0153. The zero-order valence-electron chi connectivity index (χ0n) is 7.42. The van der Waals surface area contributed by atoms with Gasteiger partial charge < -0.3 is 15.2 Å². The Hall–Kier alpha value is -0.120. The maximum Gasteiger partial charge on any atom is 0.105 e. The van der Waals surface area contributed by atoms with Gasteiger partial charge in [0.2, 0.25) is 0 Å². The molecule has 1 atom stereocenters. The highest BCUT2D eigenvalue weighted by Crippen LogP contribution is 2.38. The summed E-state index contributed by atoms with van der Waals surface area (Å²) in [6.45, 7) is 2.65. The Labute approximate surface area is 73.2 Å². The van der Waals surface area contributed by atoms with E-state index in [9.17, 15) is 0 Å². The second-order valence-electron chi connectivity index (χ2n) is 4.00. The molecule has 3 nitrogen and oxygen atoms in total. The molecule has 2 fully saturated rings. The average Bonchev–Trinajstić information content (AvgIpc) is 2.13. The molecule has 0 saturated carbocycles. The van der Waals surface area contributed by atoms with E-state index in [0.717, 1.165) is 39.1 Å². The summed E-state index contributed by atoms with van der Waals surface area (Å²) < 4.78 is 10.8. The van der Waals surface area contributed by atoms with Crippen LogP contribution in [0.4, 0.5) is 0 Å². The lowest BCUT2D eigenvalue weighted by Crippen LogP contribution is -2.42. The molecule has 2 aliphatic rings. The van der Waals surface area contributed by atoms with E-state index >= 15 is 0 Å². The van der Waals surface area contributed by atoms with Gasteiger partial charge in [0.1, 0.15) is 6.23 Å². The van der Waals surface area contributed by atoms with E-state index in [1.807, 2.05) is 0 Å². The molecule has 0 aliphatic carbocycles. The van der Waals surface area contributed by atoms with Crippen molar-refractivity contribution in [2.45, 2.75) is 31.9 Å². The van der Waals surface area contributed by atoms with Crippen molar-refractivity contribution >= 4 is 0 Å². The van der Waals surface area contributed by atoms with Crippen LogP contribution in [-0.2, 0) is 9.47 Å². The maximum atomic E-state index is 5.67. The molecule has 2 N–H and O–H groups in total. The summed E-state index contributed by atoms with van der Waals surface area (Å²) in [5, 5.41) is 0. The van der Waals surface area contributed by atoms with Gasteiger partial charge in [-0.1, -0.05) is 0 Å². The highest BCUT2D eigenvalue weighted by atomic mass is 16.5. The van der Waals surface area contributed by atoms with E-state index in [1.54, 1.807) is 0 Å². The summed E-state index contributed by atoms with van der Waals surface area (Å²) in [5.41, 5.74) is 6.08. The third kappa shape index (κ3) is 1.63. The fraction of sp³-hybridized carbons (Fsp3) is 1.00. The largest absolute Gasteiger partial charge is 0.381 e. The van der Waals surface area contributed by atoms with Crippen LogP contribution in [0.15, 0.2) is 0 Å². The van der Waals surface area contributed by atoms with E-state index in [0.29, 0.717) is 5.41 Å². The first-order valence-corrected chi connectivity index (χ1v) is 4.76. The average molecular weight is 171 g/mol. The third-order valence-corrected chi connectivity index (χ3v) is 3.12. The molecule has 0 bridgehead atoms. The molecule has 0 aromatic heterocycles. The van der Waals surface area contributed by atoms with Crippen molar-refractivity contribution < 1.29 is 9.47 Å². The van der Waals surface area contributed by atoms with Crippen molar-refractivity contribution in [1.29, 1.82) is 0 Å². The lowest BCUT2D eigenvalue weighted by molar-refractivity contribution is -0.103. The Bertz CT molecular complexity index is 145. The van der Waals surface area contributed by atoms with Gasteiger partial charge in [0.15, 0.2) is 0 Å². The zero-order valence-corrected chi connectivity index (χ0v) is 7.42. The van der Waals surface area contributed by atoms with Crippen LogP contribution in [-0.4, -0.2) is 26.0 Å². The van der Waals surface area contributed by atoms with Gasteiger partial charge >= 0.3 is 0 Å². The maximum absolute atomic E-state index is 5.67. The lowest BCUT2D eigenvalue weighted by Gasteiger charge is -2.41. The fourth-order valence-corrected chi connectivity index (χ4v) is 2.09. The van der Waals surface area contributed by atoms with E-state index < -0.39 is 0 Å². The van der Waals surface area contributed by atoms with Gasteiger partial charge in [-0.15, -0.1) is 0 Å². The molecule has 0 aromatic carbocycles. The molecule has 12 heavy (non-hydrogen) atoms. The first-order valence-electron chi connectivity index (χ1n) is 4.76. The van der Waals surface area contributed by atoms with Crippen LogP contribution in [0, 0.1) is 5.41 Å². The molecule has 1 unspecified atom stereocenters. The minimum Gasteiger partial charge on any atom is -0.381 e. The number of hydrogen-bond donors (Lipinski definition) is 1. The van der Waals surface area contributed by atoms with Crippen LogP contribution >= 0.6 is 0 Å². The van der Waals surface area contributed by atoms with Crippen molar-refractivity contribution in [3.8, 4) is 0 Å². The molecule has 2 heterocycles. The first kappa shape index (κ1) is 8.48. The summed E-state index contributed by atoms with van der Waals surface area (Å²) in [4.78, 5) is 0. The van der Waals surface area contributed by atoms with Crippen LogP contribution in [0.25, 0.3) is 0 Å². The highest BCUT2D eigenvalue weighted by Gasteiger charge is 2.36. The van der Waals surface area contributed by atoms with Crippen molar-refractivity contribution in [1.82, 2.24) is 0 Å². The Morgan fingerprint density at radius 2 is 1.92 bits per heavy atom. The molecule has 0 amide bonds. The van der Waals surface area contributed by atoms with Gasteiger partial charge in [0.25, 0.3) is 0 Å². The van der Waals surface area contributed by atoms with E-state index in [4.69, 9.17) is 15.2 Å². The van der Waals surface area contributed by atoms with Crippen LogP contribution < -0.4 is 5.73 Å². The SMILES string of the molecule is NC1CCC2(CCOCC2)CO1. The molecule has 0 aromatic rings. The molecule has 0 radical (unpaired) electrons. The molecular formula is C9H17NO2. The number of nitrogens with two attached hydrogens (primary N) is 1. The third-order valence-electron chi connectivity index (χ3n) is 3.12. The summed E-state index contributed by atoms with van der Waals surface area (Å²) in [7, 11) is 0. The first-order chi connectivity index (χ1) is 5.81. The summed E-state index contributed by atoms with van der Waals surface area (Å²) in [5.74, 6) is 0. The van der Waals surface area contributed by atoms with E-state index in [1.165, 1.54) is 6.42 Å². The van der Waals surface area contributed by atoms with Crippen molar-refractivity contribution in [3.63, 3.8) is 0 Å². The number of hydrogen-bond acceptors (Lipinski definition) is 3. The van der Waals surface area contributed by atoms with Gasteiger partial charge in [-0.3, -0.25) is 0 Å². The van der Waals surface area contributed by atoms with Gasteiger partial charge in [0, 0.05) is 13.2 Å². The normalized spacial score (nSPS) is 35.2. The molecule has 3 heteroatoms. The van der Waals surface area contributed by atoms with Crippen molar-refractivity contribution in [2.75, 3.05) is 19.8 Å². The molecule has 2 rings (SSSR count). The predicted octanol–water partition coefficient (Wildman–Crippen LogP) is 0.878. The molecule has 2 saturated heterocycles. The van der Waals surface area contributed by atoms with Gasteiger partial charge in [-0.25, -0.2) is 0 Å². The smallest absolute Gasteiger partial charge is 0.105 e. The van der Waals surface area contributed by atoms with E-state index in [-0.39, 0.29) is 6.23 Å². The Kier molecular flexibility index (Phi) is 2.35. The van der Waals surface area contributed by atoms with Crippen LogP contribution in [0.3, 0.4) is 0 Å². The Morgan fingerprint density at radius 1 is 1.17 bits per heavy atom. The molecule has 1 spiro atoms. The van der Waals surface area contributed by atoms with Gasteiger partial charge in [-0.2, -0.15) is 0 Å². The second kappa shape index (κ2) is 3.32. The number of rotatable bonds is 0. The second-order valence-corrected chi connectivity index (χ2v) is 4.00. The monoisotopic (exact) mass is 171 g/mol. The lowest BCUT2D eigenvalue weighted by atomic mass is 9.76. The van der Waals surface area contributed by atoms with Gasteiger partial charge in [-0.05, 0) is 31.1 Å². The van der Waals surface area contributed by atoms with Crippen LogP contribution in [0.5, 0.6) is 0 Å². The van der Waals surface area contributed by atoms with Crippen LogP contribution in [0.1, 0.15) is 25.7 Å². The van der Waals surface area contributed by atoms with Crippen molar-refractivity contribution in [2.24, 2.45) is 11.1 Å². The quantitative estimate of drug-likeness (QED) is 0.588. The standard InChI is InChI=1S/C9H17NO2/c10-8-1-2-9(7-12-8)3-5-11-6-4-9/h8H,1-7,10H2. The molecule has 70 valence electrons. The topological polar surface area (TPSA) is 44.5 Å². The molecule has 2 aliphatic heterocycles. The zero-order chi connectivity index (χ0) is 8.44. The highest BCUT2D eigenvalue weighted by molar-refractivity contribution is 4.85. The summed E-state index contributed by atoms with van der Waals surface area (Å²) in [6.07, 6.45) is 4.52. The van der Waals surface area contributed by atoms with Crippen molar-refractivity contribution in [3.05, 3.63) is 0 Å². The summed E-state index contributed by atoms with van der Waals surface area (Å²) in [6, 6.07) is 0. The number of ether oxygens (including phenoxy) is 2. The minimum absolute atomic E-state index is 0.0153. The predicted molar refractivity (Wildman–Crippen MR) is 45.6 cm³/mol. The Balaban J connectivity index is 1.92. The van der Waals surface area contributed by atoms with Gasteiger partial charge in [0.05, 0.1) is 6.61 Å². The molecular weight excluding hydrogens is 154 g/mol. The van der Waals surface area contributed by atoms with E-state index in [2.05, 4.69) is 0 Å². The fourth-order valence-electron chi connectivity index (χ4n) is 2.09.